The second-order valence-corrected chi connectivity index (χ2v) is 7.28. The molecular weight excluding hydrogens is 286 g/mol. The van der Waals surface area contributed by atoms with Crippen LogP contribution in [0.15, 0.2) is 24.5 Å². The van der Waals surface area contributed by atoms with Gasteiger partial charge in [0.25, 0.3) is 0 Å². The van der Waals surface area contributed by atoms with Crippen molar-refractivity contribution in [2.24, 2.45) is 11.8 Å². The molecule has 4 heteroatoms. The monoisotopic (exact) mass is 311 g/mol. The minimum Gasteiger partial charge on any atom is -0.360 e. The first-order valence-corrected chi connectivity index (χ1v) is 8.98. The van der Waals surface area contributed by atoms with E-state index in [9.17, 15) is 4.79 Å². The molecule has 0 bridgehead atoms. The van der Waals surface area contributed by atoms with Crippen molar-refractivity contribution < 1.29 is 4.79 Å². The third-order valence-corrected chi connectivity index (χ3v) is 5.53. The lowest BCUT2D eigenvalue weighted by atomic mass is 9.85. The third-order valence-electron chi connectivity index (χ3n) is 5.53. The zero-order valence-electron chi connectivity index (χ0n) is 13.6. The van der Waals surface area contributed by atoms with E-state index in [0.29, 0.717) is 17.7 Å². The maximum Gasteiger partial charge on any atom is 0.222 e. The normalized spacial score (nSPS) is 19.9. The van der Waals surface area contributed by atoms with Crippen molar-refractivity contribution in [3.05, 3.63) is 30.2 Å². The standard InChI is InChI=1S/C19H25N3O/c23-18(11-14-4-2-1-3-5-14)22-12-15(13-22)10-17-19-16(6-8-20-17)7-9-21-19/h6-9,14-15,21H,1-5,10-13H2. The number of pyridine rings is 1. The topological polar surface area (TPSA) is 49.0 Å². The van der Waals surface area contributed by atoms with Crippen molar-refractivity contribution >= 4 is 16.8 Å². The summed E-state index contributed by atoms with van der Waals surface area (Å²) in [5.74, 6) is 1.58. The zero-order chi connectivity index (χ0) is 15.6. The smallest absolute Gasteiger partial charge is 0.222 e. The van der Waals surface area contributed by atoms with Crippen molar-refractivity contribution in [1.82, 2.24) is 14.9 Å². The van der Waals surface area contributed by atoms with E-state index in [2.05, 4.69) is 16.0 Å². The molecule has 1 aliphatic heterocycles. The van der Waals surface area contributed by atoms with Crippen LogP contribution in [0.2, 0.25) is 0 Å². The summed E-state index contributed by atoms with van der Waals surface area (Å²) in [5, 5.41) is 1.22. The van der Waals surface area contributed by atoms with Gasteiger partial charge in [0.05, 0.1) is 11.2 Å². The summed E-state index contributed by atoms with van der Waals surface area (Å²) >= 11 is 0. The molecule has 1 N–H and O–H groups in total. The number of hydrogen-bond donors (Lipinski definition) is 1. The molecular formula is C19H25N3O. The number of H-pyrrole nitrogens is 1. The second-order valence-electron chi connectivity index (χ2n) is 7.28. The van der Waals surface area contributed by atoms with E-state index in [1.165, 1.54) is 37.5 Å². The molecule has 0 unspecified atom stereocenters. The van der Waals surface area contributed by atoms with Gasteiger partial charge in [-0.3, -0.25) is 9.78 Å². The number of aromatic amines is 1. The average molecular weight is 311 g/mol. The van der Waals surface area contributed by atoms with Crippen LogP contribution < -0.4 is 0 Å². The number of nitrogens with one attached hydrogen (secondary N) is 1. The highest BCUT2D eigenvalue weighted by atomic mass is 16.2. The lowest BCUT2D eigenvalue weighted by Crippen LogP contribution is -2.51. The van der Waals surface area contributed by atoms with Gasteiger partial charge in [-0.2, -0.15) is 0 Å². The van der Waals surface area contributed by atoms with E-state index in [1.54, 1.807) is 0 Å². The Morgan fingerprint density at radius 1 is 1.17 bits per heavy atom. The van der Waals surface area contributed by atoms with E-state index < -0.39 is 0 Å². The molecule has 2 aliphatic rings. The molecule has 4 rings (SSSR count). The number of amides is 1. The molecule has 2 fully saturated rings. The molecule has 3 heterocycles. The number of carbonyl (C=O) groups is 1. The van der Waals surface area contributed by atoms with Gasteiger partial charge in [0.15, 0.2) is 0 Å². The molecule has 1 aliphatic carbocycles. The van der Waals surface area contributed by atoms with Crippen LogP contribution in [-0.2, 0) is 11.2 Å². The molecule has 0 atom stereocenters. The lowest BCUT2D eigenvalue weighted by molar-refractivity contribution is -0.138. The third kappa shape index (κ3) is 3.12. The Balaban J connectivity index is 1.29. The van der Waals surface area contributed by atoms with Gasteiger partial charge in [-0.15, -0.1) is 0 Å². The molecule has 1 amide bonds. The molecule has 2 aromatic heterocycles. The molecule has 1 saturated heterocycles. The highest BCUT2D eigenvalue weighted by Gasteiger charge is 2.32. The minimum absolute atomic E-state index is 0.374. The molecule has 2 aromatic rings. The van der Waals surface area contributed by atoms with Crippen LogP contribution in [0.3, 0.4) is 0 Å². The van der Waals surface area contributed by atoms with Crippen molar-refractivity contribution in [3.63, 3.8) is 0 Å². The quantitative estimate of drug-likeness (QED) is 0.939. The average Bonchev–Trinajstić information content (AvgIpc) is 3.00. The summed E-state index contributed by atoms with van der Waals surface area (Å²) in [6.07, 6.45) is 12.1. The molecule has 122 valence electrons. The van der Waals surface area contributed by atoms with Crippen LogP contribution in [0.1, 0.15) is 44.2 Å². The molecule has 23 heavy (non-hydrogen) atoms. The first-order chi connectivity index (χ1) is 11.3. The predicted molar refractivity (Wildman–Crippen MR) is 91.1 cm³/mol. The Labute approximate surface area is 137 Å². The number of nitrogens with zero attached hydrogens (tertiary/aromatic N) is 2. The van der Waals surface area contributed by atoms with Crippen LogP contribution in [0.4, 0.5) is 0 Å². The van der Waals surface area contributed by atoms with Gasteiger partial charge in [0.1, 0.15) is 0 Å². The number of likely N-dealkylation sites (tertiary alicyclic amines) is 1. The second kappa shape index (κ2) is 6.34. The van der Waals surface area contributed by atoms with Gasteiger partial charge >= 0.3 is 0 Å². The number of rotatable bonds is 4. The van der Waals surface area contributed by atoms with Gasteiger partial charge in [-0.1, -0.05) is 19.3 Å². The van der Waals surface area contributed by atoms with Gasteiger partial charge in [-0.25, -0.2) is 0 Å². The number of carbonyl (C=O) groups excluding carboxylic acids is 1. The molecule has 0 radical (unpaired) electrons. The number of fused-ring (bicyclic) bond motifs is 1. The van der Waals surface area contributed by atoms with Crippen LogP contribution in [0.5, 0.6) is 0 Å². The Hall–Kier alpha value is -1.84. The van der Waals surface area contributed by atoms with Crippen molar-refractivity contribution in [2.75, 3.05) is 13.1 Å². The number of aromatic nitrogens is 2. The molecule has 0 spiro atoms. The Bertz CT molecular complexity index is 681. The largest absolute Gasteiger partial charge is 0.360 e. The fourth-order valence-electron chi connectivity index (χ4n) is 4.14. The minimum atomic E-state index is 0.374. The van der Waals surface area contributed by atoms with Gasteiger partial charge < -0.3 is 9.88 Å². The first kappa shape index (κ1) is 14.7. The summed E-state index contributed by atoms with van der Waals surface area (Å²) in [7, 11) is 0. The summed E-state index contributed by atoms with van der Waals surface area (Å²) in [6, 6.07) is 4.12. The SMILES string of the molecule is O=C(CC1CCCCC1)N1CC(Cc2nccc3cc[nH]c23)C1. The summed E-state index contributed by atoms with van der Waals surface area (Å²) in [5.41, 5.74) is 2.29. The predicted octanol–water partition coefficient (Wildman–Crippen LogP) is 3.53. The fraction of sp³-hybridized carbons (Fsp3) is 0.579. The van der Waals surface area contributed by atoms with Crippen molar-refractivity contribution in [1.29, 1.82) is 0 Å². The molecule has 1 saturated carbocycles. The Morgan fingerprint density at radius 3 is 2.83 bits per heavy atom. The fourth-order valence-corrected chi connectivity index (χ4v) is 4.14. The van der Waals surface area contributed by atoms with Crippen LogP contribution in [0.25, 0.3) is 10.9 Å². The van der Waals surface area contributed by atoms with E-state index in [-0.39, 0.29) is 0 Å². The van der Waals surface area contributed by atoms with Gasteiger partial charge in [0, 0.05) is 37.3 Å². The summed E-state index contributed by atoms with van der Waals surface area (Å²) in [6.45, 7) is 1.81. The maximum absolute atomic E-state index is 12.4. The van der Waals surface area contributed by atoms with E-state index >= 15 is 0 Å². The van der Waals surface area contributed by atoms with E-state index in [4.69, 9.17) is 0 Å². The van der Waals surface area contributed by atoms with E-state index in [1.807, 2.05) is 23.4 Å². The highest BCUT2D eigenvalue weighted by molar-refractivity contribution is 5.81. The zero-order valence-corrected chi connectivity index (χ0v) is 13.6. The van der Waals surface area contributed by atoms with Crippen LogP contribution in [0, 0.1) is 11.8 Å². The maximum atomic E-state index is 12.4. The van der Waals surface area contributed by atoms with E-state index in [0.717, 1.165) is 37.1 Å². The van der Waals surface area contributed by atoms with Crippen molar-refractivity contribution in [3.8, 4) is 0 Å². The molecule has 4 nitrogen and oxygen atoms in total. The van der Waals surface area contributed by atoms with Crippen LogP contribution >= 0.6 is 0 Å². The summed E-state index contributed by atoms with van der Waals surface area (Å²) < 4.78 is 0. The van der Waals surface area contributed by atoms with Crippen molar-refractivity contribution in [2.45, 2.75) is 44.9 Å². The van der Waals surface area contributed by atoms with Crippen LogP contribution in [-0.4, -0.2) is 33.9 Å². The first-order valence-electron chi connectivity index (χ1n) is 8.98. The highest BCUT2D eigenvalue weighted by Crippen LogP contribution is 2.29. The van der Waals surface area contributed by atoms with Gasteiger partial charge in [-0.05, 0) is 43.2 Å². The Morgan fingerprint density at radius 2 is 2.00 bits per heavy atom. The molecule has 0 aromatic carbocycles. The number of hydrogen-bond acceptors (Lipinski definition) is 2. The lowest BCUT2D eigenvalue weighted by Gasteiger charge is -2.40. The van der Waals surface area contributed by atoms with Gasteiger partial charge in [0.2, 0.25) is 5.91 Å². The Kier molecular flexibility index (Phi) is 4.06. The summed E-state index contributed by atoms with van der Waals surface area (Å²) in [4.78, 5) is 22.2.